The summed E-state index contributed by atoms with van der Waals surface area (Å²) in [5, 5.41) is 34.2. The minimum atomic E-state index is -1.24. The van der Waals surface area contributed by atoms with Crippen molar-refractivity contribution in [2.75, 3.05) is 23.9 Å². The van der Waals surface area contributed by atoms with Gasteiger partial charge in [0, 0.05) is 44.9 Å². The summed E-state index contributed by atoms with van der Waals surface area (Å²) in [6.07, 6.45) is 0. The maximum Gasteiger partial charge on any atom is 0.352 e. The molecule has 2 aliphatic rings. The zero-order valence-corrected chi connectivity index (χ0v) is 33.1. The SMILES string of the molecule is COC(C)(C)ON=C(C(=O)NC1C(=O)N2C(C(=O)O)=C(CSc3nnnn3C)CS[C@H]12)c1csc(NC(c2ccccc2)(c2ccccc2)c2ccccc2)n1. The highest BCUT2D eigenvalue weighted by Gasteiger charge is 2.54. The number of hydrogen-bond acceptors (Lipinski definition) is 14. The summed E-state index contributed by atoms with van der Waals surface area (Å²) < 4.78 is 6.87. The number of amides is 2. The van der Waals surface area contributed by atoms with E-state index in [9.17, 15) is 19.5 Å². The first-order valence-electron chi connectivity index (χ1n) is 17.3. The van der Waals surface area contributed by atoms with Gasteiger partial charge in [0.05, 0.1) is 0 Å². The van der Waals surface area contributed by atoms with Gasteiger partial charge in [0.1, 0.15) is 28.3 Å². The van der Waals surface area contributed by atoms with Gasteiger partial charge in [-0.05, 0) is 32.7 Å². The number of carbonyl (C=O) groups is 3. The Morgan fingerprint density at radius 1 is 1.00 bits per heavy atom. The van der Waals surface area contributed by atoms with Crippen molar-refractivity contribution >= 4 is 63.5 Å². The average Bonchev–Trinajstić information content (AvgIpc) is 3.86. The molecule has 15 nitrogen and oxygen atoms in total. The summed E-state index contributed by atoms with van der Waals surface area (Å²) in [6, 6.07) is 29.0. The van der Waals surface area contributed by atoms with Crippen LogP contribution in [-0.4, -0.2) is 94.5 Å². The van der Waals surface area contributed by atoms with E-state index in [4.69, 9.17) is 14.6 Å². The Bertz CT molecular complexity index is 2190. The number of aryl methyl sites for hydroxylation is 1. The number of nitrogens with zero attached hydrogens (tertiary/aromatic N) is 7. The van der Waals surface area contributed by atoms with Gasteiger partial charge in [-0.3, -0.25) is 14.5 Å². The summed E-state index contributed by atoms with van der Waals surface area (Å²) in [5.74, 6) is -3.15. The van der Waals surface area contributed by atoms with Crippen molar-refractivity contribution in [2.24, 2.45) is 12.2 Å². The fourth-order valence-corrected chi connectivity index (χ4v) is 9.36. The highest BCUT2D eigenvalue weighted by molar-refractivity contribution is 8.01. The van der Waals surface area contributed by atoms with Crippen LogP contribution in [0.3, 0.4) is 0 Å². The van der Waals surface area contributed by atoms with Crippen LogP contribution in [0.25, 0.3) is 0 Å². The minimum Gasteiger partial charge on any atom is -0.477 e. The number of carboxylic acid groups (broad SMARTS) is 1. The molecule has 18 heteroatoms. The molecule has 2 aromatic heterocycles. The quantitative estimate of drug-likeness (QED) is 0.0330. The molecular weight excluding hydrogens is 775 g/mol. The van der Waals surface area contributed by atoms with Crippen molar-refractivity contribution in [3.8, 4) is 0 Å². The monoisotopic (exact) mass is 811 g/mol. The zero-order chi connectivity index (χ0) is 39.5. The summed E-state index contributed by atoms with van der Waals surface area (Å²) in [7, 11) is 3.13. The molecule has 1 fully saturated rings. The predicted molar refractivity (Wildman–Crippen MR) is 213 cm³/mol. The average molecular weight is 812 g/mol. The molecule has 288 valence electrons. The van der Waals surface area contributed by atoms with E-state index in [0.29, 0.717) is 21.6 Å². The lowest BCUT2D eigenvalue weighted by molar-refractivity contribution is -0.197. The smallest absolute Gasteiger partial charge is 0.352 e. The topological polar surface area (TPSA) is 186 Å². The Morgan fingerprint density at radius 2 is 1.61 bits per heavy atom. The van der Waals surface area contributed by atoms with Gasteiger partial charge in [-0.25, -0.2) is 14.5 Å². The Labute approximate surface area is 334 Å². The van der Waals surface area contributed by atoms with Crippen molar-refractivity contribution < 1.29 is 29.1 Å². The molecule has 7 rings (SSSR count). The molecule has 5 aromatic rings. The standard InChI is InChI=1S/C38H37N9O6S3/c1-37(2,52-4)53-43-28(31(48)40-29-32(49)47-30(34(50)51)23(20-54-33(29)47)21-56-36-42-44-45-46(36)3)27-22-55-35(39-27)41-38(24-14-8-5-9-15-24,25-16-10-6-11-17-25)26-18-12-7-13-19-26/h5-19,22,29,33H,20-21H2,1-4H3,(H,39,41)(H,40,48)(H,50,51)/t29?,33-/m1/s1. The van der Waals surface area contributed by atoms with Gasteiger partial charge in [-0.1, -0.05) is 108 Å². The Morgan fingerprint density at radius 3 is 2.14 bits per heavy atom. The number of methoxy groups -OCH3 is 1. The van der Waals surface area contributed by atoms with Crippen molar-refractivity contribution in [1.82, 2.24) is 35.4 Å². The number of fused-ring (bicyclic) bond motifs is 1. The molecule has 1 unspecified atom stereocenters. The maximum absolute atomic E-state index is 14.1. The van der Waals surface area contributed by atoms with Crippen molar-refractivity contribution in [3.05, 3.63) is 130 Å². The number of thiazole rings is 1. The van der Waals surface area contributed by atoms with Gasteiger partial charge in [0.15, 0.2) is 10.8 Å². The van der Waals surface area contributed by atoms with Crippen LogP contribution in [0.15, 0.2) is 118 Å². The number of oxime groups is 1. The van der Waals surface area contributed by atoms with E-state index in [1.54, 1.807) is 26.3 Å². The lowest BCUT2D eigenvalue weighted by Gasteiger charge is -2.49. The molecule has 2 aliphatic heterocycles. The van der Waals surface area contributed by atoms with E-state index in [0.717, 1.165) is 16.7 Å². The number of nitrogens with one attached hydrogen (secondary N) is 2. The normalized spacial score (nSPS) is 17.2. The highest BCUT2D eigenvalue weighted by Crippen LogP contribution is 2.43. The van der Waals surface area contributed by atoms with Crippen molar-refractivity contribution in [3.63, 3.8) is 0 Å². The van der Waals surface area contributed by atoms with Gasteiger partial charge in [0.25, 0.3) is 11.8 Å². The molecule has 0 radical (unpaired) electrons. The first-order chi connectivity index (χ1) is 27.0. The molecule has 0 spiro atoms. The zero-order valence-electron chi connectivity index (χ0n) is 30.7. The third-order valence-corrected chi connectivity index (χ3v) is 12.4. The Hall–Kier alpha value is -5.56. The third-order valence-electron chi connectivity index (χ3n) is 9.22. The van der Waals surface area contributed by atoms with Crippen LogP contribution in [0, 0.1) is 0 Å². The molecule has 3 aromatic carbocycles. The van der Waals surface area contributed by atoms with E-state index in [-0.39, 0.29) is 22.9 Å². The van der Waals surface area contributed by atoms with Crippen LogP contribution in [-0.2, 0) is 36.5 Å². The first-order valence-corrected chi connectivity index (χ1v) is 20.2. The molecule has 0 saturated carbocycles. The number of aliphatic carboxylic acids is 1. The minimum absolute atomic E-state index is 0.111. The molecule has 2 amide bonds. The number of aromatic nitrogens is 5. The van der Waals surface area contributed by atoms with Crippen LogP contribution < -0.4 is 10.6 Å². The van der Waals surface area contributed by atoms with Gasteiger partial charge in [0.2, 0.25) is 10.9 Å². The van der Waals surface area contributed by atoms with E-state index in [1.807, 2.05) is 91.0 Å². The number of carbonyl (C=O) groups excluding carboxylic acids is 2. The lowest BCUT2D eigenvalue weighted by Crippen LogP contribution is -2.71. The highest BCUT2D eigenvalue weighted by atomic mass is 32.2. The number of rotatable bonds is 15. The molecule has 3 N–H and O–H groups in total. The van der Waals surface area contributed by atoms with Crippen LogP contribution >= 0.6 is 34.9 Å². The van der Waals surface area contributed by atoms with Gasteiger partial charge in [-0.15, -0.1) is 28.2 Å². The number of thioether (sulfide) groups is 2. The van der Waals surface area contributed by atoms with E-state index in [2.05, 4.69) is 31.3 Å². The van der Waals surface area contributed by atoms with E-state index in [1.165, 1.54) is 51.6 Å². The number of tetrazole rings is 1. The Balaban J connectivity index is 1.18. The van der Waals surface area contributed by atoms with Crippen LogP contribution in [0.5, 0.6) is 0 Å². The molecule has 0 bridgehead atoms. The number of β-lactam (4-membered cyclic amide) rings is 1. The molecular formula is C38H37N9O6S3. The fraction of sp³-hybridized carbons (Fsp3) is 0.263. The molecule has 0 aliphatic carbocycles. The largest absolute Gasteiger partial charge is 0.477 e. The van der Waals surface area contributed by atoms with Crippen molar-refractivity contribution in [1.29, 1.82) is 0 Å². The number of anilines is 1. The molecule has 1 saturated heterocycles. The lowest BCUT2D eigenvalue weighted by atomic mass is 9.77. The molecule has 2 atom stereocenters. The number of carboxylic acids is 1. The summed E-state index contributed by atoms with van der Waals surface area (Å²) in [4.78, 5) is 51.9. The second-order valence-electron chi connectivity index (χ2n) is 13.1. The van der Waals surface area contributed by atoms with Gasteiger partial charge in [-0.2, -0.15) is 0 Å². The van der Waals surface area contributed by atoms with Crippen LogP contribution in [0.2, 0.25) is 0 Å². The maximum atomic E-state index is 14.1. The number of ether oxygens (including phenoxy) is 1. The van der Waals surface area contributed by atoms with Gasteiger partial charge >= 0.3 is 5.97 Å². The fourth-order valence-electron chi connectivity index (χ4n) is 6.28. The third kappa shape index (κ3) is 7.64. The second kappa shape index (κ2) is 16.3. The Kier molecular flexibility index (Phi) is 11.2. The van der Waals surface area contributed by atoms with Crippen LogP contribution in [0.1, 0.15) is 36.2 Å². The summed E-state index contributed by atoms with van der Waals surface area (Å²) in [6.45, 7) is 3.27. The number of hydrogen-bond donors (Lipinski definition) is 3. The second-order valence-corrected chi connectivity index (χ2v) is 16.0. The van der Waals surface area contributed by atoms with Gasteiger partial charge < -0.3 is 25.3 Å². The molecule has 4 heterocycles. The van der Waals surface area contributed by atoms with Crippen LogP contribution in [0.4, 0.5) is 5.13 Å². The summed E-state index contributed by atoms with van der Waals surface area (Å²) >= 11 is 3.89. The first kappa shape index (κ1) is 38.7. The number of benzene rings is 3. The van der Waals surface area contributed by atoms with Crippen molar-refractivity contribution in [2.45, 2.75) is 41.7 Å². The van der Waals surface area contributed by atoms with E-state index >= 15 is 0 Å². The predicted octanol–water partition coefficient (Wildman–Crippen LogP) is 4.70. The molecule has 56 heavy (non-hydrogen) atoms. The van der Waals surface area contributed by atoms with E-state index < -0.39 is 40.5 Å². The summed E-state index contributed by atoms with van der Waals surface area (Å²) in [5.41, 5.74) is 2.43.